The lowest BCUT2D eigenvalue weighted by molar-refractivity contribution is 0.0698. The molecule has 0 radical (unpaired) electrons. The van der Waals surface area contributed by atoms with Crippen molar-refractivity contribution in [3.8, 4) is 0 Å². The molecule has 0 saturated heterocycles. The SMILES string of the molecule is Cc1ccc(Nc2ccc(N)c(C(=O)O)c2)cc1Br. The zero-order chi connectivity index (χ0) is 14.0. The molecule has 0 spiro atoms. The first kappa shape index (κ1) is 13.4. The fourth-order valence-electron chi connectivity index (χ4n) is 1.66. The maximum Gasteiger partial charge on any atom is 0.337 e. The maximum absolute atomic E-state index is 11.0. The van der Waals surface area contributed by atoms with E-state index in [0.717, 1.165) is 15.7 Å². The van der Waals surface area contributed by atoms with Gasteiger partial charge in [0.2, 0.25) is 0 Å². The molecule has 0 unspecified atom stereocenters. The highest BCUT2D eigenvalue weighted by molar-refractivity contribution is 9.10. The molecule has 0 fully saturated rings. The molecule has 4 nitrogen and oxygen atoms in total. The summed E-state index contributed by atoms with van der Waals surface area (Å²) in [6.45, 7) is 2.00. The molecule has 0 saturated carbocycles. The Bertz CT molecular complexity index is 641. The van der Waals surface area contributed by atoms with Crippen molar-refractivity contribution in [1.29, 1.82) is 0 Å². The van der Waals surface area contributed by atoms with Crippen molar-refractivity contribution in [2.75, 3.05) is 11.1 Å². The standard InChI is InChI=1S/C14H13BrN2O2/c1-8-2-3-10(7-12(8)15)17-9-4-5-13(16)11(6-9)14(18)19/h2-7,17H,16H2,1H3,(H,18,19). The third-order valence-corrected chi connectivity index (χ3v) is 3.60. The Morgan fingerprint density at radius 3 is 2.47 bits per heavy atom. The lowest BCUT2D eigenvalue weighted by atomic mass is 10.1. The first-order valence-electron chi connectivity index (χ1n) is 5.63. The average Bonchev–Trinajstić information content (AvgIpc) is 2.36. The van der Waals surface area contributed by atoms with Gasteiger partial charge in [-0.05, 0) is 42.8 Å². The van der Waals surface area contributed by atoms with E-state index in [9.17, 15) is 4.79 Å². The molecule has 19 heavy (non-hydrogen) atoms. The van der Waals surface area contributed by atoms with Crippen LogP contribution in [0.3, 0.4) is 0 Å². The molecule has 0 aliphatic carbocycles. The molecular weight excluding hydrogens is 308 g/mol. The summed E-state index contributed by atoms with van der Waals surface area (Å²) in [5, 5.41) is 12.2. The van der Waals surface area contributed by atoms with Crippen LogP contribution in [0.15, 0.2) is 40.9 Å². The predicted octanol–water partition coefficient (Wildman–Crippen LogP) is 3.78. The van der Waals surface area contributed by atoms with E-state index in [1.54, 1.807) is 12.1 Å². The number of nitrogens with two attached hydrogens (primary N) is 1. The Hall–Kier alpha value is -2.01. The summed E-state index contributed by atoms with van der Waals surface area (Å²) in [5.74, 6) is -1.04. The number of rotatable bonds is 3. The van der Waals surface area contributed by atoms with Crippen LogP contribution in [0, 0.1) is 6.92 Å². The van der Waals surface area contributed by atoms with Gasteiger partial charge in [-0.3, -0.25) is 0 Å². The van der Waals surface area contributed by atoms with E-state index in [2.05, 4.69) is 21.2 Å². The molecule has 2 aromatic carbocycles. The fraction of sp³-hybridized carbons (Fsp3) is 0.0714. The minimum atomic E-state index is -1.04. The third kappa shape index (κ3) is 3.06. The average molecular weight is 321 g/mol. The van der Waals surface area contributed by atoms with Crippen LogP contribution in [0.1, 0.15) is 15.9 Å². The van der Waals surface area contributed by atoms with Crippen LogP contribution in [0.2, 0.25) is 0 Å². The summed E-state index contributed by atoms with van der Waals surface area (Å²) in [6.07, 6.45) is 0. The number of benzene rings is 2. The van der Waals surface area contributed by atoms with E-state index in [1.165, 1.54) is 6.07 Å². The van der Waals surface area contributed by atoms with Gasteiger partial charge in [-0.25, -0.2) is 4.79 Å². The van der Waals surface area contributed by atoms with Crippen molar-refractivity contribution in [2.24, 2.45) is 0 Å². The Morgan fingerprint density at radius 1 is 1.21 bits per heavy atom. The topological polar surface area (TPSA) is 75.3 Å². The second-order valence-electron chi connectivity index (χ2n) is 4.20. The van der Waals surface area contributed by atoms with Gasteiger partial charge in [0, 0.05) is 21.5 Å². The summed E-state index contributed by atoms with van der Waals surface area (Å²) < 4.78 is 0.992. The van der Waals surface area contributed by atoms with Crippen LogP contribution in [0.4, 0.5) is 17.1 Å². The van der Waals surface area contributed by atoms with Crippen molar-refractivity contribution in [3.63, 3.8) is 0 Å². The summed E-state index contributed by atoms with van der Waals surface area (Å²) in [5.41, 5.74) is 8.65. The smallest absolute Gasteiger partial charge is 0.337 e. The second kappa shape index (κ2) is 5.32. The highest BCUT2D eigenvalue weighted by atomic mass is 79.9. The number of carboxylic acids is 1. The predicted molar refractivity (Wildman–Crippen MR) is 80.0 cm³/mol. The number of anilines is 3. The highest BCUT2D eigenvalue weighted by Crippen LogP contribution is 2.25. The first-order valence-corrected chi connectivity index (χ1v) is 6.42. The Balaban J connectivity index is 2.30. The molecular formula is C14H13BrN2O2. The van der Waals surface area contributed by atoms with Gasteiger partial charge >= 0.3 is 5.97 Å². The van der Waals surface area contributed by atoms with E-state index in [4.69, 9.17) is 10.8 Å². The van der Waals surface area contributed by atoms with Crippen LogP contribution < -0.4 is 11.1 Å². The number of carboxylic acid groups (broad SMARTS) is 1. The molecule has 2 aromatic rings. The van der Waals surface area contributed by atoms with Crippen LogP contribution in [0.5, 0.6) is 0 Å². The number of hydrogen-bond acceptors (Lipinski definition) is 3. The van der Waals surface area contributed by atoms with Crippen LogP contribution >= 0.6 is 15.9 Å². The van der Waals surface area contributed by atoms with Gasteiger partial charge in [-0.2, -0.15) is 0 Å². The highest BCUT2D eigenvalue weighted by Gasteiger charge is 2.08. The van der Waals surface area contributed by atoms with Gasteiger partial charge in [-0.1, -0.05) is 22.0 Å². The van der Waals surface area contributed by atoms with Crippen molar-refractivity contribution in [2.45, 2.75) is 6.92 Å². The van der Waals surface area contributed by atoms with Crippen molar-refractivity contribution in [3.05, 3.63) is 52.0 Å². The Kier molecular flexibility index (Phi) is 3.76. The van der Waals surface area contributed by atoms with Gasteiger partial charge in [0.05, 0.1) is 5.56 Å². The van der Waals surface area contributed by atoms with Crippen molar-refractivity contribution >= 4 is 39.0 Å². The number of aryl methyl sites for hydroxylation is 1. The molecule has 4 N–H and O–H groups in total. The zero-order valence-electron chi connectivity index (χ0n) is 10.3. The molecule has 2 rings (SSSR count). The molecule has 0 bridgehead atoms. The summed E-state index contributed by atoms with van der Waals surface area (Å²) in [4.78, 5) is 11.0. The lowest BCUT2D eigenvalue weighted by Crippen LogP contribution is -2.03. The van der Waals surface area contributed by atoms with E-state index in [1.807, 2.05) is 25.1 Å². The number of carbonyl (C=O) groups is 1. The zero-order valence-corrected chi connectivity index (χ0v) is 11.9. The van der Waals surface area contributed by atoms with Crippen molar-refractivity contribution in [1.82, 2.24) is 0 Å². The fourth-order valence-corrected chi connectivity index (χ4v) is 2.04. The third-order valence-electron chi connectivity index (χ3n) is 2.74. The minimum Gasteiger partial charge on any atom is -0.478 e. The van der Waals surface area contributed by atoms with Gasteiger partial charge in [0.15, 0.2) is 0 Å². The van der Waals surface area contributed by atoms with Gasteiger partial charge in [-0.15, -0.1) is 0 Å². The first-order chi connectivity index (χ1) is 8.97. The van der Waals surface area contributed by atoms with Crippen LogP contribution in [0.25, 0.3) is 0 Å². The Labute approximate surface area is 119 Å². The molecule has 0 aromatic heterocycles. The second-order valence-corrected chi connectivity index (χ2v) is 5.05. The van der Waals surface area contributed by atoms with E-state index in [0.29, 0.717) is 5.69 Å². The number of hydrogen-bond donors (Lipinski definition) is 3. The number of nitrogen functional groups attached to an aromatic ring is 1. The maximum atomic E-state index is 11.0. The van der Waals surface area contributed by atoms with Crippen molar-refractivity contribution < 1.29 is 9.90 Å². The molecule has 0 aliphatic rings. The van der Waals surface area contributed by atoms with E-state index < -0.39 is 5.97 Å². The quantitative estimate of drug-likeness (QED) is 0.752. The number of aromatic carboxylic acids is 1. The Morgan fingerprint density at radius 2 is 1.84 bits per heavy atom. The van der Waals surface area contributed by atoms with Gasteiger partial charge < -0.3 is 16.2 Å². The normalized spacial score (nSPS) is 10.2. The molecule has 98 valence electrons. The monoisotopic (exact) mass is 320 g/mol. The molecule has 0 aliphatic heterocycles. The molecule has 0 amide bonds. The molecule has 5 heteroatoms. The summed E-state index contributed by atoms with van der Waals surface area (Å²) in [6, 6.07) is 10.7. The van der Waals surface area contributed by atoms with Crippen LogP contribution in [-0.4, -0.2) is 11.1 Å². The van der Waals surface area contributed by atoms with Gasteiger partial charge in [0.25, 0.3) is 0 Å². The largest absolute Gasteiger partial charge is 0.478 e. The molecule has 0 atom stereocenters. The van der Waals surface area contributed by atoms with E-state index in [-0.39, 0.29) is 11.3 Å². The number of nitrogens with one attached hydrogen (secondary N) is 1. The minimum absolute atomic E-state index is 0.0937. The van der Waals surface area contributed by atoms with Crippen LogP contribution in [-0.2, 0) is 0 Å². The summed E-state index contributed by atoms with van der Waals surface area (Å²) >= 11 is 3.45. The van der Waals surface area contributed by atoms with Gasteiger partial charge in [0.1, 0.15) is 0 Å². The molecule has 0 heterocycles. The number of halogens is 1. The van der Waals surface area contributed by atoms with E-state index >= 15 is 0 Å². The summed E-state index contributed by atoms with van der Waals surface area (Å²) in [7, 11) is 0. The lowest BCUT2D eigenvalue weighted by Gasteiger charge is -2.10.